The van der Waals surface area contributed by atoms with Crippen LogP contribution in [0.2, 0.25) is 0 Å². The maximum absolute atomic E-state index is 4.56. The highest BCUT2D eigenvalue weighted by atomic mass is 32.1. The highest BCUT2D eigenvalue weighted by Gasteiger charge is 2.21. The first-order valence-corrected chi connectivity index (χ1v) is 10.1. The monoisotopic (exact) mass is 341 g/mol. The summed E-state index contributed by atoms with van der Waals surface area (Å²) in [6, 6.07) is 0. The minimum Gasteiger partial charge on any atom is -0.317 e. The SMILES string of the molecule is Cn1c(C(S)CS)nnc1C1CCCCCCCCCCC1. The smallest absolute Gasteiger partial charge is 0.146 e. The topological polar surface area (TPSA) is 30.7 Å². The zero-order valence-electron chi connectivity index (χ0n) is 13.9. The van der Waals surface area contributed by atoms with Gasteiger partial charge in [0, 0.05) is 18.7 Å². The Balaban J connectivity index is 2.04. The second-order valence-corrected chi connectivity index (χ2v) is 7.62. The van der Waals surface area contributed by atoms with Gasteiger partial charge in [0.05, 0.1) is 5.25 Å². The molecular formula is C17H31N3S2. The summed E-state index contributed by atoms with van der Waals surface area (Å²) in [6.07, 6.45) is 15.0. The van der Waals surface area contributed by atoms with E-state index >= 15 is 0 Å². The quantitative estimate of drug-likeness (QED) is 0.749. The number of nitrogens with zero attached hydrogens (tertiary/aromatic N) is 3. The van der Waals surface area contributed by atoms with E-state index in [4.69, 9.17) is 0 Å². The molecule has 1 aromatic rings. The highest BCUT2D eigenvalue weighted by molar-refractivity contribution is 7.84. The van der Waals surface area contributed by atoms with E-state index < -0.39 is 0 Å². The van der Waals surface area contributed by atoms with E-state index in [1.807, 2.05) is 0 Å². The Morgan fingerprint density at radius 1 is 0.955 bits per heavy atom. The van der Waals surface area contributed by atoms with Gasteiger partial charge in [-0.25, -0.2) is 0 Å². The molecule has 0 saturated heterocycles. The van der Waals surface area contributed by atoms with E-state index in [2.05, 4.69) is 47.1 Å². The minimum absolute atomic E-state index is 0.0702. The zero-order chi connectivity index (χ0) is 15.8. The summed E-state index contributed by atoms with van der Waals surface area (Å²) >= 11 is 8.90. The molecule has 0 N–H and O–H groups in total. The largest absolute Gasteiger partial charge is 0.317 e. The molecule has 1 fully saturated rings. The molecule has 22 heavy (non-hydrogen) atoms. The number of aromatic nitrogens is 3. The Morgan fingerprint density at radius 3 is 1.95 bits per heavy atom. The van der Waals surface area contributed by atoms with E-state index in [1.54, 1.807) is 0 Å². The molecule has 1 unspecified atom stereocenters. The van der Waals surface area contributed by atoms with E-state index in [-0.39, 0.29) is 5.25 Å². The van der Waals surface area contributed by atoms with Crippen molar-refractivity contribution in [3.05, 3.63) is 11.6 Å². The predicted molar refractivity (Wildman–Crippen MR) is 100 cm³/mol. The standard InChI is InChI=1S/C17H31N3S2/c1-20-16(18-19-17(20)15(22)13-21)14-11-9-7-5-3-2-4-6-8-10-12-14/h14-15,21-22H,2-13H2,1H3. The molecule has 1 aliphatic carbocycles. The van der Waals surface area contributed by atoms with E-state index in [1.165, 1.54) is 70.6 Å². The van der Waals surface area contributed by atoms with Crippen LogP contribution in [-0.2, 0) is 7.05 Å². The third-order valence-corrected chi connectivity index (χ3v) is 5.95. The molecule has 1 saturated carbocycles. The molecule has 0 spiro atoms. The van der Waals surface area contributed by atoms with Gasteiger partial charge in [-0.15, -0.1) is 10.2 Å². The zero-order valence-corrected chi connectivity index (χ0v) is 15.7. The maximum atomic E-state index is 4.56. The molecule has 0 amide bonds. The van der Waals surface area contributed by atoms with Gasteiger partial charge in [-0.3, -0.25) is 0 Å². The van der Waals surface area contributed by atoms with Gasteiger partial charge >= 0.3 is 0 Å². The summed E-state index contributed by atoms with van der Waals surface area (Å²) in [5, 5.41) is 8.96. The van der Waals surface area contributed by atoms with Gasteiger partial charge in [0.2, 0.25) is 0 Å². The second-order valence-electron chi connectivity index (χ2n) is 6.63. The van der Waals surface area contributed by atoms with Crippen molar-refractivity contribution >= 4 is 25.3 Å². The van der Waals surface area contributed by atoms with Crippen molar-refractivity contribution in [1.29, 1.82) is 0 Å². The summed E-state index contributed by atoms with van der Waals surface area (Å²) in [6.45, 7) is 0. The molecule has 5 heteroatoms. The molecule has 1 aliphatic rings. The summed E-state index contributed by atoms with van der Waals surface area (Å²) in [4.78, 5) is 0. The van der Waals surface area contributed by atoms with Gasteiger partial charge in [-0.05, 0) is 12.8 Å². The van der Waals surface area contributed by atoms with E-state index in [0.717, 1.165) is 11.6 Å². The lowest BCUT2D eigenvalue weighted by Crippen LogP contribution is -2.10. The average Bonchev–Trinajstić information content (AvgIpc) is 2.89. The number of rotatable bonds is 3. The summed E-state index contributed by atoms with van der Waals surface area (Å²) in [5.74, 6) is 3.37. The van der Waals surface area contributed by atoms with Crippen LogP contribution >= 0.6 is 25.3 Å². The fraction of sp³-hybridized carbons (Fsp3) is 0.882. The van der Waals surface area contributed by atoms with Crippen molar-refractivity contribution in [2.24, 2.45) is 7.05 Å². The van der Waals surface area contributed by atoms with Crippen LogP contribution in [0.3, 0.4) is 0 Å². The van der Waals surface area contributed by atoms with Crippen molar-refractivity contribution < 1.29 is 0 Å². The Bertz CT molecular complexity index is 422. The first-order chi connectivity index (χ1) is 10.7. The second kappa shape index (κ2) is 9.86. The van der Waals surface area contributed by atoms with Gasteiger partial charge in [0.1, 0.15) is 11.6 Å². The molecule has 2 rings (SSSR count). The molecule has 0 bridgehead atoms. The van der Waals surface area contributed by atoms with E-state index in [9.17, 15) is 0 Å². The van der Waals surface area contributed by atoms with Crippen LogP contribution in [0, 0.1) is 0 Å². The first-order valence-electron chi connectivity index (χ1n) is 8.92. The minimum atomic E-state index is 0.0702. The maximum Gasteiger partial charge on any atom is 0.146 e. The van der Waals surface area contributed by atoms with Gasteiger partial charge in [0.15, 0.2) is 0 Å². The van der Waals surface area contributed by atoms with Crippen LogP contribution in [0.5, 0.6) is 0 Å². The van der Waals surface area contributed by atoms with Crippen LogP contribution < -0.4 is 0 Å². The van der Waals surface area contributed by atoms with Crippen LogP contribution in [0.25, 0.3) is 0 Å². The van der Waals surface area contributed by atoms with Crippen molar-refractivity contribution in [3.63, 3.8) is 0 Å². The molecule has 3 nitrogen and oxygen atoms in total. The molecule has 0 aliphatic heterocycles. The fourth-order valence-corrected chi connectivity index (χ4v) is 3.89. The average molecular weight is 342 g/mol. The Kier molecular flexibility index (Phi) is 8.15. The van der Waals surface area contributed by atoms with Crippen molar-refractivity contribution in [1.82, 2.24) is 14.8 Å². The fourth-order valence-electron chi connectivity index (χ4n) is 3.50. The van der Waals surface area contributed by atoms with Gasteiger partial charge in [0.25, 0.3) is 0 Å². The lowest BCUT2D eigenvalue weighted by Gasteiger charge is -2.18. The number of thiol groups is 2. The van der Waals surface area contributed by atoms with Crippen LogP contribution in [0.4, 0.5) is 0 Å². The van der Waals surface area contributed by atoms with Gasteiger partial charge in [-0.2, -0.15) is 25.3 Å². The normalized spacial score (nSPS) is 21.0. The summed E-state index contributed by atoms with van der Waals surface area (Å²) in [7, 11) is 2.09. The molecule has 1 heterocycles. The van der Waals surface area contributed by atoms with Crippen molar-refractivity contribution in [2.75, 3.05) is 5.75 Å². The lowest BCUT2D eigenvalue weighted by molar-refractivity contribution is 0.447. The molecule has 0 radical (unpaired) electrons. The number of hydrogen-bond donors (Lipinski definition) is 2. The Hall–Kier alpha value is -0.160. The van der Waals surface area contributed by atoms with Crippen LogP contribution in [-0.4, -0.2) is 20.5 Å². The molecule has 1 aromatic heterocycles. The van der Waals surface area contributed by atoms with Crippen LogP contribution in [0.1, 0.15) is 93.4 Å². The summed E-state index contributed by atoms with van der Waals surface area (Å²) < 4.78 is 2.17. The third kappa shape index (κ3) is 5.19. The summed E-state index contributed by atoms with van der Waals surface area (Å²) in [5.41, 5.74) is 0. The van der Waals surface area contributed by atoms with Crippen LogP contribution in [0.15, 0.2) is 0 Å². The Morgan fingerprint density at radius 2 is 1.45 bits per heavy atom. The highest BCUT2D eigenvalue weighted by Crippen LogP contribution is 2.30. The molecule has 0 aromatic carbocycles. The molecule has 126 valence electrons. The van der Waals surface area contributed by atoms with Gasteiger partial charge < -0.3 is 4.57 Å². The van der Waals surface area contributed by atoms with E-state index in [0.29, 0.717) is 11.7 Å². The van der Waals surface area contributed by atoms with Gasteiger partial charge in [-0.1, -0.05) is 57.8 Å². The third-order valence-electron chi connectivity index (χ3n) is 4.88. The van der Waals surface area contributed by atoms with Crippen molar-refractivity contribution in [3.8, 4) is 0 Å². The molecule has 1 atom stereocenters. The lowest BCUT2D eigenvalue weighted by atomic mass is 9.92. The van der Waals surface area contributed by atoms with Crippen molar-refractivity contribution in [2.45, 2.75) is 81.8 Å². The first kappa shape index (κ1) is 18.2. The molecular weight excluding hydrogens is 310 g/mol. The predicted octanol–water partition coefficient (Wildman–Crippen LogP) is 5.10. The number of hydrogen-bond acceptors (Lipinski definition) is 4. The Labute approximate surface area is 146 Å².